The van der Waals surface area contributed by atoms with Gasteiger partial charge in [-0.05, 0) is 54.8 Å². The van der Waals surface area contributed by atoms with E-state index in [0.717, 1.165) is 5.56 Å². The second-order valence-electron chi connectivity index (χ2n) is 16.0. The molecule has 6 heterocycles. The van der Waals surface area contributed by atoms with Gasteiger partial charge < -0.3 is 40.2 Å². The number of aromatic nitrogens is 7. The first-order valence-electron chi connectivity index (χ1n) is 22.1. The Balaban J connectivity index is 0.688. The number of fused-ring (bicyclic) bond motifs is 2. The fraction of sp³-hybridized carbons (Fsp3) is 0.400. The van der Waals surface area contributed by atoms with Crippen LogP contribution in [0.15, 0.2) is 76.7 Å². The van der Waals surface area contributed by atoms with E-state index >= 15 is 0 Å². The summed E-state index contributed by atoms with van der Waals surface area (Å²) in [7, 11) is 3.34. The van der Waals surface area contributed by atoms with Crippen molar-refractivity contribution in [3.63, 3.8) is 0 Å². The van der Waals surface area contributed by atoms with Crippen molar-refractivity contribution in [3.05, 3.63) is 105 Å². The van der Waals surface area contributed by atoms with Gasteiger partial charge in [-0.15, -0.1) is 5.10 Å². The van der Waals surface area contributed by atoms with Crippen molar-refractivity contribution in [1.29, 1.82) is 0 Å². The molecule has 4 amide bonds. The van der Waals surface area contributed by atoms with E-state index in [1.807, 2.05) is 18.2 Å². The predicted octanol–water partition coefficient (Wildman–Crippen LogP) is 1.57. The van der Waals surface area contributed by atoms with Gasteiger partial charge in [-0.2, -0.15) is 0 Å². The number of piperidine rings is 1. The van der Waals surface area contributed by atoms with Gasteiger partial charge >= 0.3 is 5.69 Å². The molecule has 0 radical (unpaired) electrons. The number of pyridine rings is 2. The second kappa shape index (κ2) is 21.5. The largest absolute Gasteiger partial charge is 0.385 e. The average molecular weight is 939 g/mol. The van der Waals surface area contributed by atoms with Gasteiger partial charge in [0, 0.05) is 51.9 Å². The lowest BCUT2D eigenvalue weighted by atomic mass is 10.1. The van der Waals surface area contributed by atoms with Gasteiger partial charge in [0.05, 0.1) is 87.4 Å². The van der Waals surface area contributed by atoms with Crippen LogP contribution in [0.25, 0.3) is 22.5 Å². The number of aryl methyl sites for hydroxylation is 1. The number of imide groups is 1. The van der Waals surface area contributed by atoms with Crippen LogP contribution in [0.5, 0.6) is 0 Å². The first kappa shape index (κ1) is 47.2. The minimum absolute atomic E-state index is 0.108. The van der Waals surface area contributed by atoms with Crippen molar-refractivity contribution < 1.29 is 42.5 Å². The quantitative estimate of drug-likeness (QED) is 0.0452. The molecule has 2 fully saturated rings. The SMILES string of the molecule is CNc1cc(Nc2cccn(-c3ccc(C(=O)NCCOCCOCCOCCOCCc4ccc5c(c4)n(C)c(=O)n5C4CCC(=O)NC4=O)cn3)c2=O)nn2c(C(=O)N[C@@H]3C[C@@H]3F)cnc12. The Labute approximate surface area is 387 Å². The third kappa shape index (κ3) is 10.9. The van der Waals surface area contributed by atoms with Gasteiger partial charge in [0.25, 0.3) is 17.4 Å². The van der Waals surface area contributed by atoms with Crippen LogP contribution in [0, 0.1) is 0 Å². The molecule has 1 aromatic carbocycles. The van der Waals surface area contributed by atoms with Crippen LogP contribution in [0.4, 0.5) is 21.6 Å². The third-order valence-electron chi connectivity index (χ3n) is 11.3. The Morgan fingerprint density at radius 3 is 2.28 bits per heavy atom. The van der Waals surface area contributed by atoms with Gasteiger partial charge in [0.2, 0.25) is 11.8 Å². The normalized spacial score (nSPS) is 16.8. The van der Waals surface area contributed by atoms with Crippen molar-refractivity contribution >= 4 is 57.5 Å². The number of halogens is 1. The number of carbonyl (C=O) groups is 4. The zero-order chi connectivity index (χ0) is 47.7. The molecule has 8 rings (SSSR count). The van der Waals surface area contributed by atoms with Gasteiger partial charge in [-0.25, -0.2) is 23.7 Å². The summed E-state index contributed by atoms with van der Waals surface area (Å²) in [4.78, 5) is 84.8. The monoisotopic (exact) mass is 938 g/mol. The maximum Gasteiger partial charge on any atom is 0.329 e. The van der Waals surface area contributed by atoms with Crippen LogP contribution in [-0.4, -0.2) is 136 Å². The Bertz CT molecular complexity index is 2930. The third-order valence-corrected chi connectivity index (χ3v) is 11.3. The number of alkyl halides is 1. The maximum atomic E-state index is 13.5. The Kier molecular flexibility index (Phi) is 14.9. The molecule has 1 unspecified atom stereocenters. The fourth-order valence-corrected chi connectivity index (χ4v) is 7.58. The summed E-state index contributed by atoms with van der Waals surface area (Å²) >= 11 is 0. The fourth-order valence-electron chi connectivity index (χ4n) is 7.58. The zero-order valence-electron chi connectivity index (χ0n) is 37.4. The van der Waals surface area contributed by atoms with Crippen molar-refractivity contribution in [2.24, 2.45) is 7.05 Å². The highest BCUT2D eigenvalue weighted by molar-refractivity contribution is 6.00. The summed E-state index contributed by atoms with van der Waals surface area (Å²) in [6.07, 6.45) is 4.53. The van der Waals surface area contributed by atoms with Crippen LogP contribution in [-0.2, 0) is 42.0 Å². The number of benzene rings is 1. The summed E-state index contributed by atoms with van der Waals surface area (Å²) in [6.45, 7) is 3.18. The lowest BCUT2D eigenvalue weighted by molar-refractivity contribution is -0.135. The number of ether oxygens (including phenoxy) is 4. The lowest BCUT2D eigenvalue weighted by Crippen LogP contribution is -2.44. The standard InChI is InChI=1S/C45H51FN12O10/c1-47-32-24-37(54-58-36(26-50-40(32)58)43(62)52-31-23-29(31)46)51-30-4-3-13-56(44(30)63)38-9-6-28(25-49-38)41(60)48-12-15-66-17-19-68-21-20-67-18-16-65-14-11-27-5-7-33-35(22-27)55(2)45(64)57(33)34-8-10-39(59)53-42(34)61/h3-7,9,13,22,24-26,29,31,34,47H,8,10-12,14-21,23H2,1-2H3,(H,48,60)(H,51,54)(H,52,62)(H,53,59,61)/t29-,31+,34?/m0/s1. The average Bonchev–Trinajstić information content (AvgIpc) is 3.75. The van der Waals surface area contributed by atoms with E-state index < -0.39 is 35.6 Å². The molecule has 1 aliphatic carbocycles. The summed E-state index contributed by atoms with van der Waals surface area (Å²) in [6, 6.07) is 12.3. The summed E-state index contributed by atoms with van der Waals surface area (Å²) in [5, 5.41) is 18.2. The van der Waals surface area contributed by atoms with Crippen LogP contribution in [0.3, 0.4) is 0 Å². The molecule has 2 aliphatic rings. The number of hydrogen-bond acceptors (Lipinski definition) is 15. The number of amides is 4. The number of nitrogens with one attached hydrogen (secondary N) is 5. The van der Waals surface area contributed by atoms with E-state index in [4.69, 9.17) is 18.9 Å². The van der Waals surface area contributed by atoms with Crippen LogP contribution >= 0.6 is 0 Å². The van der Waals surface area contributed by atoms with E-state index in [-0.39, 0.29) is 72.9 Å². The van der Waals surface area contributed by atoms with Crippen molar-refractivity contribution in [3.8, 4) is 5.82 Å². The van der Waals surface area contributed by atoms with Gasteiger partial charge in [-0.1, -0.05) is 6.07 Å². The molecule has 358 valence electrons. The molecule has 1 saturated heterocycles. The van der Waals surface area contributed by atoms with E-state index in [1.165, 1.54) is 30.6 Å². The molecule has 5 aromatic heterocycles. The maximum absolute atomic E-state index is 13.5. The van der Waals surface area contributed by atoms with E-state index in [9.17, 15) is 33.2 Å². The minimum atomic E-state index is -1.07. The Hall–Kier alpha value is -7.34. The summed E-state index contributed by atoms with van der Waals surface area (Å²) in [5.41, 5.74) is 3.02. The van der Waals surface area contributed by atoms with Gasteiger partial charge in [0.1, 0.15) is 23.7 Å². The van der Waals surface area contributed by atoms with E-state index in [0.29, 0.717) is 80.6 Å². The van der Waals surface area contributed by atoms with Crippen molar-refractivity contribution in [2.45, 2.75) is 43.9 Å². The molecule has 68 heavy (non-hydrogen) atoms. The molecule has 0 bridgehead atoms. The summed E-state index contributed by atoms with van der Waals surface area (Å²) < 4.78 is 41.5. The van der Waals surface area contributed by atoms with Crippen LogP contribution < -0.4 is 37.8 Å². The molecule has 1 aliphatic heterocycles. The Morgan fingerprint density at radius 2 is 1.59 bits per heavy atom. The Morgan fingerprint density at radius 1 is 0.853 bits per heavy atom. The number of rotatable bonds is 23. The molecule has 6 aromatic rings. The van der Waals surface area contributed by atoms with Crippen LogP contribution in [0.1, 0.15) is 51.7 Å². The highest BCUT2D eigenvalue weighted by Gasteiger charge is 2.39. The number of imidazole rings is 2. The topological polar surface area (TPSA) is 257 Å². The molecule has 0 spiro atoms. The molecule has 1 saturated carbocycles. The molecular weight excluding hydrogens is 888 g/mol. The highest BCUT2D eigenvalue weighted by Crippen LogP contribution is 2.27. The molecular formula is C45H51FN12O10. The lowest BCUT2D eigenvalue weighted by Gasteiger charge is -2.21. The minimum Gasteiger partial charge on any atom is -0.385 e. The van der Waals surface area contributed by atoms with Crippen LogP contribution in [0.2, 0.25) is 0 Å². The van der Waals surface area contributed by atoms with Crippen molar-refractivity contribution in [2.75, 3.05) is 77.1 Å². The molecule has 5 N–H and O–H groups in total. The zero-order valence-corrected chi connectivity index (χ0v) is 37.4. The number of anilines is 3. The van der Waals surface area contributed by atoms with Gasteiger partial charge in [-0.3, -0.25) is 43.0 Å². The van der Waals surface area contributed by atoms with Crippen molar-refractivity contribution in [1.82, 2.24) is 49.2 Å². The molecule has 3 atom stereocenters. The predicted molar refractivity (Wildman–Crippen MR) is 244 cm³/mol. The second-order valence-corrected chi connectivity index (χ2v) is 16.0. The van der Waals surface area contributed by atoms with E-state index in [1.54, 1.807) is 50.6 Å². The molecule has 22 nitrogen and oxygen atoms in total. The smallest absolute Gasteiger partial charge is 0.329 e. The van der Waals surface area contributed by atoms with Gasteiger partial charge in [0.15, 0.2) is 17.2 Å². The van der Waals surface area contributed by atoms with E-state index in [2.05, 4.69) is 41.7 Å². The number of carbonyl (C=O) groups excluding carboxylic acids is 4. The first-order valence-corrected chi connectivity index (χ1v) is 22.1. The summed E-state index contributed by atoms with van der Waals surface area (Å²) in [5.74, 6) is -1.17. The first-order chi connectivity index (χ1) is 33.0. The number of nitrogens with zero attached hydrogens (tertiary/aromatic N) is 7. The number of hydrogen-bond donors (Lipinski definition) is 5. The molecule has 23 heteroatoms. The highest BCUT2D eigenvalue weighted by atomic mass is 19.1.